The van der Waals surface area contributed by atoms with Crippen LogP contribution in [0.25, 0.3) is 0 Å². The molecular formula is C13H24ClN. The first-order valence-electron chi connectivity index (χ1n) is 6.41. The predicted octanol–water partition coefficient (Wildman–Crippen LogP) is 3.51. The van der Waals surface area contributed by atoms with Crippen LogP contribution in [0.15, 0.2) is 0 Å². The molecule has 0 spiro atoms. The van der Waals surface area contributed by atoms with E-state index in [2.05, 4.69) is 25.7 Å². The number of hydrogen-bond acceptors (Lipinski definition) is 1. The Morgan fingerprint density at radius 3 is 2.40 bits per heavy atom. The SMILES string of the molecule is CC(CN1CCC(Cl)C1(C)C)C1CCC1. The van der Waals surface area contributed by atoms with Crippen molar-refractivity contribution in [2.24, 2.45) is 11.8 Å². The minimum atomic E-state index is 0.208. The molecule has 1 heterocycles. The summed E-state index contributed by atoms with van der Waals surface area (Å²) in [4.78, 5) is 2.60. The van der Waals surface area contributed by atoms with Gasteiger partial charge in [-0.3, -0.25) is 4.90 Å². The first-order chi connectivity index (χ1) is 7.01. The molecule has 0 aromatic carbocycles. The Kier molecular flexibility index (Phi) is 3.33. The lowest BCUT2D eigenvalue weighted by Gasteiger charge is -2.39. The minimum absolute atomic E-state index is 0.208. The zero-order valence-corrected chi connectivity index (χ0v) is 11.1. The average molecular weight is 230 g/mol. The lowest BCUT2D eigenvalue weighted by atomic mass is 9.76. The first-order valence-corrected chi connectivity index (χ1v) is 6.84. The van der Waals surface area contributed by atoms with Crippen molar-refractivity contribution in [1.82, 2.24) is 4.90 Å². The Morgan fingerprint density at radius 1 is 1.33 bits per heavy atom. The molecule has 1 aliphatic heterocycles. The molecule has 2 aliphatic rings. The fourth-order valence-corrected chi connectivity index (χ4v) is 3.18. The fourth-order valence-electron chi connectivity index (χ4n) is 2.94. The van der Waals surface area contributed by atoms with Gasteiger partial charge in [-0.05, 0) is 32.1 Å². The highest BCUT2D eigenvalue weighted by Gasteiger charge is 2.41. The number of rotatable bonds is 3. The quantitative estimate of drug-likeness (QED) is 0.670. The second-order valence-electron chi connectivity index (χ2n) is 6.02. The fraction of sp³-hybridized carbons (Fsp3) is 1.00. The van der Waals surface area contributed by atoms with Crippen molar-refractivity contribution in [2.75, 3.05) is 13.1 Å². The van der Waals surface area contributed by atoms with Gasteiger partial charge in [0.15, 0.2) is 0 Å². The van der Waals surface area contributed by atoms with Crippen LogP contribution in [0.2, 0.25) is 0 Å². The maximum Gasteiger partial charge on any atom is 0.0526 e. The summed E-state index contributed by atoms with van der Waals surface area (Å²) in [6, 6.07) is 0. The van der Waals surface area contributed by atoms with Gasteiger partial charge in [0.2, 0.25) is 0 Å². The molecule has 88 valence electrons. The van der Waals surface area contributed by atoms with Gasteiger partial charge >= 0.3 is 0 Å². The van der Waals surface area contributed by atoms with Crippen LogP contribution >= 0.6 is 11.6 Å². The molecule has 0 amide bonds. The molecule has 0 aromatic rings. The second kappa shape index (κ2) is 4.25. The van der Waals surface area contributed by atoms with Crippen LogP contribution in [-0.4, -0.2) is 28.9 Å². The maximum absolute atomic E-state index is 6.37. The largest absolute Gasteiger partial charge is 0.296 e. The van der Waals surface area contributed by atoms with E-state index in [0.29, 0.717) is 5.38 Å². The van der Waals surface area contributed by atoms with Gasteiger partial charge < -0.3 is 0 Å². The summed E-state index contributed by atoms with van der Waals surface area (Å²) >= 11 is 6.37. The van der Waals surface area contributed by atoms with Crippen molar-refractivity contribution >= 4 is 11.6 Å². The Morgan fingerprint density at radius 2 is 2.00 bits per heavy atom. The standard InChI is InChI=1S/C13H24ClN/c1-10(11-5-4-6-11)9-15-8-7-12(14)13(15,2)3/h10-12H,4-9H2,1-3H3. The second-order valence-corrected chi connectivity index (χ2v) is 6.55. The minimum Gasteiger partial charge on any atom is -0.296 e. The van der Waals surface area contributed by atoms with E-state index >= 15 is 0 Å². The predicted molar refractivity (Wildman–Crippen MR) is 66.4 cm³/mol. The third-order valence-corrected chi connectivity index (χ3v) is 5.45. The number of likely N-dealkylation sites (tertiary alicyclic amines) is 1. The zero-order valence-electron chi connectivity index (χ0n) is 10.3. The molecule has 2 unspecified atom stereocenters. The van der Waals surface area contributed by atoms with Gasteiger partial charge in [0, 0.05) is 18.6 Å². The summed E-state index contributed by atoms with van der Waals surface area (Å²) in [5.74, 6) is 1.86. The lowest BCUT2D eigenvalue weighted by molar-refractivity contribution is 0.108. The molecule has 0 radical (unpaired) electrons. The summed E-state index contributed by atoms with van der Waals surface area (Å²) < 4.78 is 0. The number of alkyl halides is 1. The summed E-state index contributed by atoms with van der Waals surface area (Å²) in [5, 5.41) is 0.339. The van der Waals surface area contributed by atoms with Gasteiger partial charge in [-0.1, -0.05) is 26.2 Å². The Balaban J connectivity index is 1.88. The van der Waals surface area contributed by atoms with Crippen LogP contribution in [0.4, 0.5) is 0 Å². The van der Waals surface area contributed by atoms with Crippen molar-refractivity contribution in [2.45, 2.75) is 57.4 Å². The van der Waals surface area contributed by atoms with Gasteiger partial charge in [-0.25, -0.2) is 0 Å². The topological polar surface area (TPSA) is 3.24 Å². The molecule has 2 atom stereocenters. The van der Waals surface area contributed by atoms with Crippen LogP contribution in [0.1, 0.15) is 46.5 Å². The summed E-state index contributed by atoms with van der Waals surface area (Å²) in [6.07, 6.45) is 5.53. The van der Waals surface area contributed by atoms with E-state index in [0.717, 1.165) is 18.3 Å². The molecule has 1 saturated heterocycles. The van der Waals surface area contributed by atoms with Gasteiger partial charge in [0.05, 0.1) is 5.38 Å². The van der Waals surface area contributed by atoms with Crippen LogP contribution in [0.3, 0.4) is 0 Å². The van der Waals surface area contributed by atoms with Crippen molar-refractivity contribution in [3.05, 3.63) is 0 Å². The molecule has 15 heavy (non-hydrogen) atoms. The van der Waals surface area contributed by atoms with E-state index < -0.39 is 0 Å². The van der Waals surface area contributed by atoms with E-state index in [9.17, 15) is 0 Å². The molecule has 1 aliphatic carbocycles. The third-order valence-electron chi connectivity index (χ3n) is 4.70. The van der Waals surface area contributed by atoms with Gasteiger partial charge in [-0.2, -0.15) is 0 Å². The van der Waals surface area contributed by atoms with Crippen LogP contribution in [0.5, 0.6) is 0 Å². The van der Waals surface area contributed by atoms with Crippen molar-refractivity contribution in [1.29, 1.82) is 0 Å². The molecule has 1 nitrogen and oxygen atoms in total. The Labute approximate surface area is 99.2 Å². The Bertz CT molecular complexity index is 223. The van der Waals surface area contributed by atoms with Crippen LogP contribution < -0.4 is 0 Å². The van der Waals surface area contributed by atoms with Crippen molar-refractivity contribution in [3.8, 4) is 0 Å². The Hall–Kier alpha value is 0.250. The lowest BCUT2D eigenvalue weighted by Crippen LogP contribution is -2.46. The average Bonchev–Trinajstić information content (AvgIpc) is 2.28. The highest BCUT2D eigenvalue weighted by atomic mass is 35.5. The number of halogens is 1. The molecular weight excluding hydrogens is 206 g/mol. The zero-order chi connectivity index (χ0) is 11.1. The molecule has 0 bridgehead atoms. The van der Waals surface area contributed by atoms with Crippen molar-refractivity contribution in [3.63, 3.8) is 0 Å². The molecule has 2 fully saturated rings. The van der Waals surface area contributed by atoms with E-state index in [4.69, 9.17) is 11.6 Å². The number of hydrogen-bond donors (Lipinski definition) is 0. The summed E-state index contributed by atoms with van der Waals surface area (Å²) in [6.45, 7) is 9.46. The van der Waals surface area contributed by atoms with Gasteiger partial charge in [0.25, 0.3) is 0 Å². The van der Waals surface area contributed by atoms with Gasteiger partial charge in [-0.15, -0.1) is 11.6 Å². The molecule has 2 rings (SSSR count). The highest BCUT2D eigenvalue weighted by molar-refractivity contribution is 6.21. The summed E-state index contributed by atoms with van der Waals surface area (Å²) in [5.41, 5.74) is 0.208. The molecule has 2 heteroatoms. The smallest absolute Gasteiger partial charge is 0.0526 e. The van der Waals surface area contributed by atoms with E-state index in [-0.39, 0.29) is 5.54 Å². The maximum atomic E-state index is 6.37. The monoisotopic (exact) mass is 229 g/mol. The van der Waals surface area contributed by atoms with E-state index in [1.165, 1.54) is 32.4 Å². The summed E-state index contributed by atoms with van der Waals surface area (Å²) in [7, 11) is 0. The van der Waals surface area contributed by atoms with Crippen molar-refractivity contribution < 1.29 is 0 Å². The normalized spacial score (nSPS) is 34.0. The molecule has 1 saturated carbocycles. The van der Waals surface area contributed by atoms with Crippen LogP contribution in [-0.2, 0) is 0 Å². The van der Waals surface area contributed by atoms with E-state index in [1.54, 1.807) is 0 Å². The van der Waals surface area contributed by atoms with Crippen LogP contribution in [0, 0.1) is 11.8 Å². The van der Waals surface area contributed by atoms with E-state index in [1.807, 2.05) is 0 Å². The molecule has 0 aromatic heterocycles. The number of nitrogens with zero attached hydrogens (tertiary/aromatic N) is 1. The molecule has 0 N–H and O–H groups in total. The highest BCUT2D eigenvalue weighted by Crippen LogP contribution is 2.38. The first kappa shape index (κ1) is 11.7. The third kappa shape index (κ3) is 2.19. The van der Waals surface area contributed by atoms with Gasteiger partial charge in [0.1, 0.15) is 0 Å².